The number of carbonyl (C=O) groups excluding carboxylic acids is 1. The number of hydrogen-bond donors (Lipinski definition) is 3. The van der Waals surface area contributed by atoms with Gasteiger partial charge in [0, 0.05) is 12.6 Å². The lowest BCUT2D eigenvalue weighted by Crippen LogP contribution is -2.45. The number of carbonyl (C=O) groups is 1. The first kappa shape index (κ1) is 20.2. The molecule has 1 atom stereocenters. The number of nitrogens with zero attached hydrogens (tertiary/aromatic N) is 1. The largest absolute Gasteiger partial charge is 0.394 e. The van der Waals surface area contributed by atoms with Crippen LogP contribution in [0.5, 0.6) is 0 Å². The van der Waals surface area contributed by atoms with E-state index in [1.54, 1.807) is 0 Å². The van der Waals surface area contributed by atoms with Crippen molar-refractivity contribution >= 4 is 6.03 Å². The molecule has 1 aliphatic heterocycles. The average molecular weight is 374 g/mol. The summed E-state index contributed by atoms with van der Waals surface area (Å²) in [6.07, 6.45) is 9.80. The first-order valence-corrected chi connectivity index (χ1v) is 10.7. The molecule has 3 rings (SSSR count). The van der Waals surface area contributed by atoms with E-state index in [4.69, 9.17) is 0 Å². The Morgan fingerprint density at radius 3 is 2.48 bits per heavy atom. The van der Waals surface area contributed by atoms with Gasteiger partial charge in [-0.15, -0.1) is 0 Å². The third-order valence-electron chi connectivity index (χ3n) is 6.21. The van der Waals surface area contributed by atoms with Gasteiger partial charge in [0.2, 0.25) is 0 Å². The Morgan fingerprint density at radius 2 is 1.81 bits per heavy atom. The van der Waals surface area contributed by atoms with Gasteiger partial charge < -0.3 is 20.6 Å². The maximum atomic E-state index is 12.1. The summed E-state index contributed by atoms with van der Waals surface area (Å²) in [4.78, 5) is 14.8. The lowest BCUT2D eigenvalue weighted by atomic mass is 9.92. The fourth-order valence-corrected chi connectivity index (χ4v) is 4.56. The molecule has 0 unspecified atom stereocenters. The third kappa shape index (κ3) is 6.51. The van der Waals surface area contributed by atoms with Crippen molar-refractivity contribution < 1.29 is 9.90 Å². The minimum absolute atomic E-state index is 0.0536. The molecule has 3 N–H and O–H groups in total. The Labute approximate surface area is 163 Å². The van der Waals surface area contributed by atoms with Crippen LogP contribution in [0, 0.1) is 5.92 Å². The smallest absolute Gasteiger partial charge is 0.315 e. The first-order valence-electron chi connectivity index (χ1n) is 10.7. The summed E-state index contributed by atoms with van der Waals surface area (Å²) < 4.78 is 0. The van der Waals surface area contributed by atoms with E-state index in [0.717, 1.165) is 23.9 Å². The number of aliphatic hydroxyl groups excluding tert-OH is 1. The molecule has 2 aliphatic rings. The number of hydrogen-bond acceptors (Lipinski definition) is 3. The lowest BCUT2D eigenvalue weighted by Gasteiger charge is -2.36. The molecule has 0 spiro atoms. The van der Waals surface area contributed by atoms with Crippen molar-refractivity contribution in [3.05, 3.63) is 35.9 Å². The summed E-state index contributed by atoms with van der Waals surface area (Å²) in [5.74, 6) is 0.723. The van der Waals surface area contributed by atoms with Crippen molar-refractivity contribution in [1.29, 1.82) is 0 Å². The van der Waals surface area contributed by atoms with Crippen molar-refractivity contribution in [2.24, 2.45) is 5.92 Å². The van der Waals surface area contributed by atoms with E-state index in [0.29, 0.717) is 13.0 Å². The van der Waals surface area contributed by atoms with Gasteiger partial charge in [-0.3, -0.25) is 0 Å². The predicted molar refractivity (Wildman–Crippen MR) is 109 cm³/mol. The summed E-state index contributed by atoms with van der Waals surface area (Å²) in [5, 5.41) is 15.4. The van der Waals surface area contributed by atoms with Crippen LogP contribution in [0.15, 0.2) is 30.3 Å². The molecule has 0 bridgehead atoms. The molecule has 27 heavy (non-hydrogen) atoms. The van der Waals surface area contributed by atoms with E-state index in [9.17, 15) is 9.90 Å². The second kappa shape index (κ2) is 10.7. The van der Waals surface area contributed by atoms with Crippen LogP contribution in [-0.2, 0) is 6.42 Å². The summed E-state index contributed by atoms with van der Waals surface area (Å²) in [5.41, 5.74) is 1.12. The molecule has 2 amide bonds. The zero-order valence-electron chi connectivity index (χ0n) is 16.4. The molecular formula is C22H35N3O2. The van der Waals surface area contributed by atoms with E-state index >= 15 is 0 Å². The van der Waals surface area contributed by atoms with Crippen LogP contribution in [-0.4, -0.2) is 54.4 Å². The topological polar surface area (TPSA) is 64.6 Å². The molecule has 5 heteroatoms. The summed E-state index contributed by atoms with van der Waals surface area (Å²) >= 11 is 0. The summed E-state index contributed by atoms with van der Waals surface area (Å²) in [6, 6.07) is 10.4. The minimum Gasteiger partial charge on any atom is -0.394 e. The number of aliphatic hydroxyl groups is 1. The number of rotatable bonds is 8. The molecule has 0 aromatic heterocycles. The quantitative estimate of drug-likeness (QED) is 0.656. The van der Waals surface area contributed by atoms with Crippen LogP contribution in [0.4, 0.5) is 4.79 Å². The predicted octanol–water partition coefficient (Wildman–Crippen LogP) is 2.93. The molecule has 150 valence electrons. The van der Waals surface area contributed by atoms with Crippen molar-refractivity contribution in [2.45, 2.75) is 63.5 Å². The Kier molecular flexibility index (Phi) is 7.96. The van der Waals surface area contributed by atoms with Crippen LogP contribution in [0.2, 0.25) is 0 Å². The Balaban J connectivity index is 1.30. The second-order valence-corrected chi connectivity index (χ2v) is 8.18. The van der Waals surface area contributed by atoms with Gasteiger partial charge in [0.15, 0.2) is 0 Å². The molecule has 0 radical (unpaired) electrons. The minimum atomic E-state index is -0.248. The van der Waals surface area contributed by atoms with Gasteiger partial charge in [0.05, 0.1) is 12.6 Å². The number of urea groups is 1. The van der Waals surface area contributed by atoms with Crippen LogP contribution < -0.4 is 10.6 Å². The highest BCUT2D eigenvalue weighted by Crippen LogP contribution is 2.28. The summed E-state index contributed by atoms with van der Waals surface area (Å²) in [7, 11) is 0. The highest BCUT2D eigenvalue weighted by atomic mass is 16.3. The van der Waals surface area contributed by atoms with E-state index in [1.807, 2.05) is 30.3 Å². The Hall–Kier alpha value is -1.59. The highest BCUT2D eigenvalue weighted by Gasteiger charge is 2.26. The average Bonchev–Trinajstić information content (AvgIpc) is 3.23. The molecule has 1 aromatic carbocycles. The standard InChI is InChI=1S/C22H35N3O2/c26-17-20(16-19-6-2-1-3-7-19)24-22(27)23-13-10-18-11-14-25(15-12-18)21-8-4-5-9-21/h1-3,6-7,18,20-21,26H,4-5,8-17H2,(H2,23,24,27)/t20-/m0/s1. The zero-order chi connectivity index (χ0) is 18.9. The van der Waals surface area contributed by atoms with E-state index in [-0.39, 0.29) is 18.7 Å². The van der Waals surface area contributed by atoms with E-state index in [2.05, 4.69) is 15.5 Å². The second-order valence-electron chi connectivity index (χ2n) is 8.18. The normalized spacial score (nSPS) is 20.5. The Bertz CT molecular complexity index is 552. The summed E-state index contributed by atoms with van der Waals surface area (Å²) in [6.45, 7) is 3.11. The van der Waals surface area contributed by atoms with Gasteiger partial charge in [-0.2, -0.15) is 0 Å². The molecule has 1 saturated heterocycles. The van der Waals surface area contributed by atoms with Gasteiger partial charge in [0.25, 0.3) is 0 Å². The molecule has 2 fully saturated rings. The molecule has 1 aromatic rings. The zero-order valence-corrected chi connectivity index (χ0v) is 16.4. The number of likely N-dealkylation sites (tertiary alicyclic amines) is 1. The lowest BCUT2D eigenvalue weighted by molar-refractivity contribution is 0.131. The maximum Gasteiger partial charge on any atom is 0.315 e. The molecule has 1 aliphatic carbocycles. The third-order valence-corrected chi connectivity index (χ3v) is 6.21. The fraction of sp³-hybridized carbons (Fsp3) is 0.682. The first-order chi connectivity index (χ1) is 13.2. The molecule has 5 nitrogen and oxygen atoms in total. The van der Waals surface area contributed by atoms with Crippen LogP contribution in [0.25, 0.3) is 0 Å². The van der Waals surface area contributed by atoms with E-state index < -0.39 is 0 Å². The van der Waals surface area contributed by atoms with Crippen molar-refractivity contribution in [3.8, 4) is 0 Å². The van der Waals surface area contributed by atoms with Gasteiger partial charge in [-0.05, 0) is 63.1 Å². The van der Waals surface area contributed by atoms with Gasteiger partial charge in [-0.1, -0.05) is 43.2 Å². The fourth-order valence-electron chi connectivity index (χ4n) is 4.56. The van der Waals surface area contributed by atoms with Crippen molar-refractivity contribution in [1.82, 2.24) is 15.5 Å². The Morgan fingerprint density at radius 1 is 1.11 bits per heavy atom. The maximum absolute atomic E-state index is 12.1. The number of nitrogens with one attached hydrogen (secondary N) is 2. The highest BCUT2D eigenvalue weighted by molar-refractivity contribution is 5.74. The number of benzene rings is 1. The van der Waals surface area contributed by atoms with Crippen LogP contribution in [0.1, 0.15) is 50.5 Å². The van der Waals surface area contributed by atoms with Gasteiger partial charge in [0.1, 0.15) is 0 Å². The van der Waals surface area contributed by atoms with Crippen molar-refractivity contribution in [3.63, 3.8) is 0 Å². The van der Waals surface area contributed by atoms with Crippen molar-refractivity contribution in [2.75, 3.05) is 26.2 Å². The molecular weight excluding hydrogens is 338 g/mol. The number of piperidine rings is 1. The van der Waals surface area contributed by atoms with Gasteiger partial charge >= 0.3 is 6.03 Å². The number of amides is 2. The molecule has 1 heterocycles. The van der Waals surface area contributed by atoms with Crippen LogP contribution in [0.3, 0.4) is 0 Å². The molecule has 1 saturated carbocycles. The SMILES string of the molecule is O=C(NCCC1CCN(C2CCCC2)CC1)N[C@H](CO)Cc1ccccc1. The van der Waals surface area contributed by atoms with Crippen LogP contribution >= 0.6 is 0 Å². The van der Waals surface area contributed by atoms with Gasteiger partial charge in [-0.25, -0.2) is 4.79 Å². The van der Waals surface area contributed by atoms with E-state index in [1.165, 1.54) is 51.6 Å². The monoisotopic (exact) mass is 373 g/mol.